The third kappa shape index (κ3) is 3.07. The van der Waals surface area contributed by atoms with Crippen molar-refractivity contribution in [2.24, 2.45) is 7.05 Å². The molecule has 0 aliphatic rings. The minimum atomic E-state index is -0.209. The molecule has 17 heavy (non-hydrogen) atoms. The molecular weight excluding hydrogens is 217 g/mol. The Labute approximate surface area is 102 Å². The van der Waals surface area contributed by atoms with Crippen LogP contribution in [0.25, 0.3) is 10.9 Å². The predicted molar refractivity (Wildman–Crippen MR) is 69.6 cm³/mol. The number of rotatable bonds is 3. The van der Waals surface area contributed by atoms with E-state index in [9.17, 15) is 4.39 Å². The average Bonchev–Trinajstić information content (AvgIpc) is 2.66. The van der Waals surface area contributed by atoms with Crippen molar-refractivity contribution in [3.05, 3.63) is 35.8 Å². The molecule has 1 aromatic heterocycles. The Morgan fingerprint density at radius 1 is 1.29 bits per heavy atom. The third-order valence-corrected chi connectivity index (χ3v) is 2.64. The van der Waals surface area contributed by atoms with Gasteiger partial charge in [-0.05, 0) is 36.6 Å². The Balaban J connectivity index is 0.000000686. The fourth-order valence-electron chi connectivity index (χ4n) is 1.91. The van der Waals surface area contributed by atoms with Crippen molar-refractivity contribution in [1.82, 2.24) is 4.57 Å². The van der Waals surface area contributed by atoms with Gasteiger partial charge in [0.15, 0.2) is 0 Å². The number of fused-ring (bicyclic) bond motifs is 1. The lowest BCUT2D eigenvalue weighted by Crippen LogP contribution is -1.88. The molecule has 0 aliphatic heterocycles. The summed E-state index contributed by atoms with van der Waals surface area (Å²) in [6, 6.07) is 4.81. The van der Waals surface area contributed by atoms with Gasteiger partial charge in [0.1, 0.15) is 5.82 Å². The molecule has 0 spiro atoms. The van der Waals surface area contributed by atoms with Crippen molar-refractivity contribution in [1.29, 1.82) is 0 Å². The van der Waals surface area contributed by atoms with Gasteiger partial charge in [-0.15, -0.1) is 0 Å². The Morgan fingerprint density at radius 2 is 2.00 bits per heavy atom. The highest BCUT2D eigenvalue weighted by Gasteiger charge is 2.06. The summed E-state index contributed by atoms with van der Waals surface area (Å²) in [4.78, 5) is 0. The van der Waals surface area contributed by atoms with Gasteiger partial charge in [-0.3, -0.25) is 0 Å². The lowest BCUT2D eigenvalue weighted by atomic mass is 10.1. The van der Waals surface area contributed by atoms with Crippen LogP contribution < -0.4 is 0 Å². The van der Waals surface area contributed by atoms with Crippen molar-refractivity contribution < 1.29 is 9.50 Å². The topological polar surface area (TPSA) is 25.2 Å². The summed E-state index contributed by atoms with van der Waals surface area (Å²) in [5.74, 6) is -0.209. The van der Waals surface area contributed by atoms with Gasteiger partial charge in [-0.25, -0.2) is 4.39 Å². The van der Waals surface area contributed by atoms with Gasteiger partial charge in [0.2, 0.25) is 0 Å². The number of nitrogens with zero attached hydrogens (tertiary/aromatic N) is 1. The summed E-state index contributed by atoms with van der Waals surface area (Å²) < 4.78 is 15.1. The zero-order chi connectivity index (χ0) is 12.8. The molecule has 0 atom stereocenters. The zero-order valence-electron chi connectivity index (χ0n) is 10.7. The fourth-order valence-corrected chi connectivity index (χ4v) is 1.91. The minimum absolute atomic E-state index is 0.172. The molecule has 2 rings (SSSR count). The highest BCUT2D eigenvalue weighted by atomic mass is 19.1. The van der Waals surface area contributed by atoms with E-state index in [2.05, 4.69) is 0 Å². The smallest absolute Gasteiger partial charge is 0.123 e. The van der Waals surface area contributed by atoms with Gasteiger partial charge in [0.25, 0.3) is 0 Å². The second-order valence-corrected chi connectivity index (χ2v) is 3.75. The predicted octanol–water partition coefficient (Wildman–Crippen LogP) is 3.27. The van der Waals surface area contributed by atoms with Gasteiger partial charge in [0, 0.05) is 30.8 Å². The molecule has 0 aliphatic carbocycles. The number of benzene rings is 1. The van der Waals surface area contributed by atoms with Crippen LogP contribution in [0.5, 0.6) is 0 Å². The highest BCUT2D eigenvalue weighted by molar-refractivity contribution is 5.84. The molecule has 0 saturated heterocycles. The normalized spacial score (nSPS) is 10.2. The Bertz CT molecular complexity index is 476. The molecule has 0 fully saturated rings. The quantitative estimate of drug-likeness (QED) is 0.870. The summed E-state index contributed by atoms with van der Waals surface area (Å²) in [5, 5.41) is 9.73. The van der Waals surface area contributed by atoms with E-state index in [1.165, 1.54) is 6.07 Å². The van der Waals surface area contributed by atoms with Crippen molar-refractivity contribution in [2.45, 2.75) is 26.7 Å². The number of aromatic nitrogens is 1. The van der Waals surface area contributed by atoms with Crippen LogP contribution in [0, 0.1) is 5.82 Å². The van der Waals surface area contributed by atoms with Crippen LogP contribution in [0.2, 0.25) is 0 Å². The number of halogens is 1. The molecule has 0 amide bonds. The van der Waals surface area contributed by atoms with Crippen molar-refractivity contribution in [3.63, 3.8) is 0 Å². The lowest BCUT2D eigenvalue weighted by Gasteiger charge is -1.97. The molecule has 1 N–H and O–H groups in total. The molecule has 1 heterocycles. The molecular formula is C14H20FNO. The summed E-state index contributed by atoms with van der Waals surface area (Å²) in [6.07, 6.45) is 3.51. The van der Waals surface area contributed by atoms with E-state index in [1.807, 2.05) is 31.7 Å². The molecule has 2 nitrogen and oxygen atoms in total. The van der Waals surface area contributed by atoms with E-state index < -0.39 is 0 Å². The number of aryl methyl sites for hydroxylation is 2. The van der Waals surface area contributed by atoms with Gasteiger partial charge >= 0.3 is 0 Å². The van der Waals surface area contributed by atoms with Gasteiger partial charge in [-0.1, -0.05) is 13.8 Å². The van der Waals surface area contributed by atoms with Crippen LogP contribution >= 0.6 is 0 Å². The maximum atomic E-state index is 13.1. The largest absolute Gasteiger partial charge is 0.396 e. The number of aliphatic hydroxyl groups excluding tert-OH is 1. The second-order valence-electron chi connectivity index (χ2n) is 3.75. The Hall–Kier alpha value is -1.35. The monoisotopic (exact) mass is 237 g/mol. The van der Waals surface area contributed by atoms with E-state index in [1.54, 1.807) is 12.1 Å². The molecule has 0 radical (unpaired) electrons. The molecule has 3 heteroatoms. The van der Waals surface area contributed by atoms with E-state index in [-0.39, 0.29) is 12.4 Å². The van der Waals surface area contributed by atoms with E-state index in [0.717, 1.165) is 29.3 Å². The SMILES string of the molecule is CC.Cn1cc(CCCO)c2cc(F)ccc21. The van der Waals surface area contributed by atoms with Crippen molar-refractivity contribution >= 4 is 10.9 Å². The zero-order valence-corrected chi connectivity index (χ0v) is 10.7. The molecule has 0 bridgehead atoms. The first-order valence-electron chi connectivity index (χ1n) is 6.06. The van der Waals surface area contributed by atoms with Gasteiger partial charge in [0.05, 0.1) is 0 Å². The summed E-state index contributed by atoms with van der Waals surface area (Å²) >= 11 is 0. The van der Waals surface area contributed by atoms with Gasteiger partial charge in [-0.2, -0.15) is 0 Å². The molecule has 1 aromatic carbocycles. The second kappa shape index (κ2) is 6.40. The van der Waals surface area contributed by atoms with Crippen LogP contribution in [0.4, 0.5) is 4.39 Å². The maximum absolute atomic E-state index is 13.1. The average molecular weight is 237 g/mol. The third-order valence-electron chi connectivity index (χ3n) is 2.64. The molecule has 0 saturated carbocycles. The molecule has 0 unspecified atom stereocenters. The summed E-state index contributed by atoms with van der Waals surface area (Å²) in [5.41, 5.74) is 2.13. The van der Waals surface area contributed by atoms with Gasteiger partial charge < -0.3 is 9.67 Å². The Kier molecular flexibility index (Phi) is 5.16. The van der Waals surface area contributed by atoms with Crippen LogP contribution in [-0.4, -0.2) is 16.3 Å². The van der Waals surface area contributed by atoms with Crippen LogP contribution in [-0.2, 0) is 13.5 Å². The summed E-state index contributed by atoms with van der Waals surface area (Å²) in [6.45, 7) is 4.17. The first kappa shape index (κ1) is 13.7. The first-order chi connectivity index (χ1) is 8.22. The van der Waals surface area contributed by atoms with Crippen LogP contribution in [0.3, 0.4) is 0 Å². The minimum Gasteiger partial charge on any atom is -0.396 e. The standard InChI is InChI=1S/C12H14FNO.C2H6/c1-14-8-9(3-2-6-15)11-7-10(13)4-5-12(11)14;1-2/h4-5,7-8,15H,2-3,6H2,1H3;1-2H3. The van der Waals surface area contributed by atoms with Crippen LogP contribution in [0.15, 0.2) is 24.4 Å². The molecule has 2 aromatic rings. The highest BCUT2D eigenvalue weighted by Crippen LogP contribution is 2.22. The summed E-state index contributed by atoms with van der Waals surface area (Å²) in [7, 11) is 1.95. The fraction of sp³-hybridized carbons (Fsp3) is 0.429. The van der Waals surface area contributed by atoms with E-state index >= 15 is 0 Å². The molecule has 94 valence electrons. The number of hydrogen-bond acceptors (Lipinski definition) is 1. The lowest BCUT2D eigenvalue weighted by molar-refractivity contribution is 0.288. The number of hydrogen-bond donors (Lipinski definition) is 1. The van der Waals surface area contributed by atoms with Crippen molar-refractivity contribution in [3.8, 4) is 0 Å². The van der Waals surface area contributed by atoms with E-state index in [0.29, 0.717) is 0 Å². The maximum Gasteiger partial charge on any atom is 0.123 e. The van der Waals surface area contributed by atoms with Crippen molar-refractivity contribution in [2.75, 3.05) is 6.61 Å². The van der Waals surface area contributed by atoms with Crippen LogP contribution in [0.1, 0.15) is 25.8 Å². The number of aliphatic hydroxyl groups is 1. The first-order valence-corrected chi connectivity index (χ1v) is 6.06. The van der Waals surface area contributed by atoms with E-state index in [4.69, 9.17) is 5.11 Å². The Morgan fingerprint density at radius 3 is 2.65 bits per heavy atom.